The fourth-order valence-electron chi connectivity index (χ4n) is 2.55. The van der Waals surface area contributed by atoms with E-state index in [0.717, 1.165) is 11.1 Å². The molecule has 0 spiro atoms. The summed E-state index contributed by atoms with van der Waals surface area (Å²) >= 11 is 0. The van der Waals surface area contributed by atoms with Gasteiger partial charge in [-0.3, -0.25) is 4.90 Å². The highest BCUT2D eigenvalue weighted by Gasteiger charge is 2.32. The third kappa shape index (κ3) is 5.31. The van der Waals surface area contributed by atoms with Crippen molar-refractivity contribution in [3.05, 3.63) is 71.8 Å². The molecule has 0 aliphatic carbocycles. The molecule has 0 aromatic heterocycles. The number of nitrogens with zero attached hydrogens (tertiary/aromatic N) is 2. The molecular formula is C20H22N2O4. The van der Waals surface area contributed by atoms with Crippen LogP contribution in [0.2, 0.25) is 0 Å². The summed E-state index contributed by atoms with van der Waals surface area (Å²) < 4.78 is 10.5. The van der Waals surface area contributed by atoms with Crippen LogP contribution < -0.4 is 0 Å². The maximum absolute atomic E-state index is 12.2. The van der Waals surface area contributed by atoms with Crippen molar-refractivity contribution in [2.75, 3.05) is 13.7 Å². The van der Waals surface area contributed by atoms with Gasteiger partial charge in [0, 0.05) is 0 Å². The van der Waals surface area contributed by atoms with Crippen LogP contribution in [0, 0.1) is 11.3 Å². The van der Waals surface area contributed by atoms with E-state index in [1.807, 2.05) is 60.7 Å². The van der Waals surface area contributed by atoms with Gasteiger partial charge in [-0.2, -0.15) is 5.26 Å². The van der Waals surface area contributed by atoms with Crippen LogP contribution in [0.15, 0.2) is 60.7 Å². The summed E-state index contributed by atoms with van der Waals surface area (Å²) in [5.74, 6) is 0. The minimum absolute atomic E-state index is 0.178. The Morgan fingerprint density at radius 2 is 1.69 bits per heavy atom. The normalized spacial score (nSPS) is 12.7. The van der Waals surface area contributed by atoms with Crippen LogP contribution in [0.4, 0.5) is 4.79 Å². The van der Waals surface area contributed by atoms with Crippen molar-refractivity contribution in [1.29, 1.82) is 5.26 Å². The van der Waals surface area contributed by atoms with E-state index >= 15 is 0 Å². The Kier molecular flexibility index (Phi) is 7.62. The Labute approximate surface area is 153 Å². The SMILES string of the molecule is COC(=O)N(Cc1ccccc1)[C@H](C#N)[C@@H](CO)OCc1ccccc1. The molecule has 2 rings (SSSR count). The minimum atomic E-state index is -0.989. The van der Waals surface area contributed by atoms with E-state index in [0.29, 0.717) is 0 Å². The van der Waals surface area contributed by atoms with Crippen molar-refractivity contribution in [2.24, 2.45) is 0 Å². The molecule has 0 aliphatic rings. The Hall–Kier alpha value is -2.88. The smallest absolute Gasteiger partial charge is 0.410 e. The van der Waals surface area contributed by atoms with Crippen LogP contribution >= 0.6 is 0 Å². The molecule has 0 saturated heterocycles. The number of nitriles is 1. The van der Waals surface area contributed by atoms with Gasteiger partial charge in [-0.25, -0.2) is 4.79 Å². The van der Waals surface area contributed by atoms with E-state index in [1.165, 1.54) is 12.0 Å². The predicted octanol–water partition coefficient (Wildman–Crippen LogP) is 2.72. The lowest BCUT2D eigenvalue weighted by Crippen LogP contribution is -2.48. The third-order valence-electron chi connectivity index (χ3n) is 3.91. The molecule has 0 fully saturated rings. The molecule has 0 heterocycles. The Morgan fingerprint density at radius 3 is 2.19 bits per heavy atom. The van der Waals surface area contributed by atoms with E-state index in [9.17, 15) is 15.2 Å². The van der Waals surface area contributed by atoms with Crippen LogP contribution in [0.25, 0.3) is 0 Å². The molecule has 0 unspecified atom stereocenters. The maximum Gasteiger partial charge on any atom is 0.410 e. The number of ether oxygens (including phenoxy) is 2. The molecule has 2 aromatic carbocycles. The van der Waals surface area contributed by atoms with Crippen molar-refractivity contribution in [3.63, 3.8) is 0 Å². The molecule has 136 valence electrons. The third-order valence-corrected chi connectivity index (χ3v) is 3.91. The first-order chi connectivity index (χ1) is 12.7. The van der Waals surface area contributed by atoms with Crippen molar-refractivity contribution in [2.45, 2.75) is 25.3 Å². The van der Waals surface area contributed by atoms with Gasteiger partial charge in [0.05, 0.1) is 32.9 Å². The molecule has 0 saturated carbocycles. The first-order valence-corrected chi connectivity index (χ1v) is 8.24. The van der Waals surface area contributed by atoms with Gasteiger partial charge in [0.2, 0.25) is 0 Å². The monoisotopic (exact) mass is 354 g/mol. The quantitative estimate of drug-likeness (QED) is 0.788. The van der Waals surface area contributed by atoms with Gasteiger partial charge >= 0.3 is 6.09 Å². The van der Waals surface area contributed by atoms with E-state index in [-0.39, 0.29) is 13.2 Å². The molecule has 6 nitrogen and oxygen atoms in total. The average molecular weight is 354 g/mol. The van der Waals surface area contributed by atoms with Crippen LogP contribution in [0.3, 0.4) is 0 Å². The number of aliphatic hydroxyl groups is 1. The summed E-state index contributed by atoms with van der Waals surface area (Å²) in [6.45, 7) is 0.00881. The number of rotatable bonds is 8. The van der Waals surface area contributed by atoms with Gasteiger partial charge in [0.15, 0.2) is 6.04 Å². The largest absolute Gasteiger partial charge is 0.453 e. The van der Waals surface area contributed by atoms with Gasteiger partial charge in [-0.15, -0.1) is 0 Å². The van der Waals surface area contributed by atoms with Crippen LogP contribution in [-0.2, 0) is 22.6 Å². The van der Waals surface area contributed by atoms with Gasteiger partial charge < -0.3 is 14.6 Å². The molecule has 0 radical (unpaired) electrons. The lowest BCUT2D eigenvalue weighted by atomic mass is 10.1. The highest BCUT2D eigenvalue weighted by atomic mass is 16.5. The van der Waals surface area contributed by atoms with Gasteiger partial charge in [0.25, 0.3) is 0 Å². The highest BCUT2D eigenvalue weighted by Crippen LogP contribution is 2.16. The molecule has 0 aliphatic heterocycles. The maximum atomic E-state index is 12.2. The first kappa shape index (κ1) is 19.4. The topological polar surface area (TPSA) is 82.8 Å². The van der Waals surface area contributed by atoms with E-state index in [2.05, 4.69) is 6.07 Å². The minimum Gasteiger partial charge on any atom is -0.453 e. The Bertz CT molecular complexity index is 716. The van der Waals surface area contributed by atoms with E-state index in [1.54, 1.807) is 0 Å². The molecule has 6 heteroatoms. The van der Waals surface area contributed by atoms with E-state index < -0.39 is 24.8 Å². The lowest BCUT2D eigenvalue weighted by Gasteiger charge is -2.31. The summed E-state index contributed by atoms with van der Waals surface area (Å²) in [5.41, 5.74) is 1.76. The number of hydrogen-bond acceptors (Lipinski definition) is 5. The Balaban J connectivity index is 2.15. The highest BCUT2D eigenvalue weighted by molar-refractivity contribution is 5.68. The summed E-state index contributed by atoms with van der Waals surface area (Å²) in [6, 6.07) is 19.8. The molecule has 2 atom stereocenters. The number of benzene rings is 2. The Morgan fingerprint density at radius 1 is 1.12 bits per heavy atom. The summed E-state index contributed by atoms with van der Waals surface area (Å²) in [6.07, 6.45) is -1.51. The molecule has 1 N–H and O–H groups in total. The van der Waals surface area contributed by atoms with Gasteiger partial charge in [-0.05, 0) is 11.1 Å². The number of aliphatic hydroxyl groups excluding tert-OH is 1. The zero-order valence-corrected chi connectivity index (χ0v) is 14.6. The second-order valence-corrected chi connectivity index (χ2v) is 5.68. The number of carbonyl (C=O) groups is 1. The summed E-state index contributed by atoms with van der Waals surface area (Å²) in [5, 5.41) is 19.3. The van der Waals surface area contributed by atoms with Crippen LogP contribution in [0.5, 0.6) is 0 Å². The molecule has 0 bridgehead atoms. The molecular weight excluding hydrogens is 332 g/mol. The van der Waals surface area contributed by atoms with Crippen molar-refractivity contribution in [3.8, 4) is 6.07 Å². The van der Waals surface area contributed by atoms with Crippen molar-refractivity contribution < 1.29 is 19.4 Å². The second-order valence-electron chi connectivity index (χ2n) is 5.68. The van der Waals surface area contributed by atoms with Gasteiger partial charge in [0.1, 0.15) is 6.10 Å². The zero-order chi connectivity index (χ0) is 18.8. The van der Waals surface area contributed by atoms with E-state index in [4.69, 9.17) is 9.47 Å². The molecule has 1 amide bonds. The molecule has 2 aromatic rings. The number of hydrogen-bond donors (Lipinski definition) is 1. The van der Waals surface area contributed by atoms with Crippen molar-refractivity contribution >= 4 is 6.09 Å². The fourth-order valence-corrected chi connectivity index (χ4v) is 2.55. The van der Waals surface area contributed by atoms with Crippen LogP contribution in [-0.4, -0.2) is 42.0 Å². The number of methoxy groups -OCH3 is 1. The zero-order valence-electron chi connectivity index (χ0n) is 14.6. The lowest BCUT2D eigenvalue weighted by molar-refractivity contribution is -0.0353. The molecule has 26 heavy (non-hydrogen) atoms. The summed E-state index contributed by atoms with van der Waals surface area (Å²) in [7, 11) is 1.26. The standard InChI is InChI=1S/C20H22N2O4/c1-25-20(24)22(13-16-8-4-2-5-9-16)18(12-21)19(14-23)26-15-17-10-6-3-7-11-17/h2-11,18-19,23H,13-15H2,1H3/t18-,19-/m1/s1. The predicted molar refractivity (Wildman–Crippen MR) is 95.9 cm³/mol. The number of carbonyl (C=O) groups excluding carboxylic acids is 1. The number of amides is 1. The fraction of sp³-hybridized carbons (Fsp3) is 0.300. The summed E-state index contributed by atoms with van der Waals surface area (Å²) in [4.78, 5) is 13.5. The first-order valence-electron chi connectivity index (χ1n) is 8.24. The van der Waals surface area contributed by atoms with Crippen LogP contribution in [0.1, 0.15) is 11.1 Å². The average Bonchev–Trinajstić information content (AvgIpc) is 2.70. The van der Waals surface area contributed by atoms with Crippen molar-refractivity contribution in [1.82, 2.24) is 4.90 Å². The van der Waals surface area contributed by atoms with Gasteiger partial charge in [-0.1, -0.05) is 60.7 Å². The second kappa shape index (κ2) is 10.2.